The average molecular weight is 189 g/mol. The topological polar surface area (TPSA) is 27.7 Å². The average Bonchev–Trinajstić information content (AvgIpc) is 2.06. The first kappa shape index (κ1) is 12.1. The highest BCUT2D eigenvalue weighted by Crippen LogP contribution is 2.18. The lowest BCUT2D eigenvalue weighted by Crippen LogP contribution is -2.39. The summed E-state index contributed by atoms with van der Waals surface area (Å²) >= 11 is 0. The molecule has 0 saturated heterocycles. The maximum absolute atomic E-state index is 5.37. The summed E-state index contributed by atoms with van der Waals surface area (Å²) in [5, 5.41) is 0. The molecule has 0 aromatic rings. The highest BCUT2D eigenvalue weighted by atomic mass is 28.1. The summed E-state index contributed by atoms with van der Waals surface area (Å²) in [6, 6.07) is 0.516. The number of hydrogen-bond donors (Lipinski definition) is 0. The molecule has 0 spiro atoms. The maximum Gasteiger partial charge on any atom is 0.279 e. The van der Waals surface area contributed by atoms with Crippen molar-refractivity contribution in [3.63, 3.8) is 0 Å². The van der Waals surface area contributed by atoms with Crippen LogP contribution in [0.25, 0.3) is 0 Å². The zero-order chi connectivity index (χ0) is 9.45. The fourth-order valence-electron chi connectivity index (χ4n) is 0.938. The van der Waals surface area contributed by atoms with E-state index in [1.54, 1.807) is 0 Å². The van der Waals surface area contributed by atoms with Gasteiger partial charge in [0.05, 0.1) is 0 Å². The van der Waals surface area contributed by atoms with Gasteiger partial charge >= 0.3 is 0 Å². The third-order valence-electron chi connectivity index (χ3n) is 1.31. The minimum absolute atomic E-state index is 0.516. The lowest BCUT2D eigenvalue weighted by atomic mass is 10.6. The molecule has 71 valence electrons. The van der Waals surface area contributed by atoms with E-state index in [0.29, 0.717) is 25.9 Å². The van der Waals surface area contributed by atoms with Crippen LogP contribution in [-0.4, -0.2) is 36.0 Å². The Hall–Kier alpha value is 0.0969. The van der Waals surface area contributed by atoms with E-state index < -0.39 is 5.97 Å². The van der Waals surface area contributed by atoms with E-state index in [2.05, 4.69) is 10.2 Å². The van der Waals surface area contributed by atoms with Crippen molar-refractivity contribution in [3.8, 4) is 0 Å². The first-order chi connectivity index (χ1) is 5.74. The molecule has 0 aliphatic carbocycles. The predicted molar refractivity (Wildman–Crippen MR) is 48.2 cm³/mol. The minimum Gasteiger partial charge on any atom is -0.328 e. The first-order valence-corrected chi connectivity index (χ1v) is 5.01. The van der Waals surface area contributed by atoms with Crippen LogP contribution < -0.4 is 0 Å². The van der Waals surface area contributed by atoms with Crippen LogP contribution in [0.5, 0.6) is 0 Å². The van der Waals surface area contributed by atoms with Crippen LogP contribution in [0.15, 0.2) is 0 Å². The molecule has 0 saturated carbocycles. The Labute approximate surface area is 77.8 Å². The maximum atomic E-state index is 5.37. The van der Waals surface area contributed by atoms with Crippen molar-refractivity contribution in [2.75, 3.05) is 19.8 Å². The summed E-state index contributed by atoms with van der Waals surface area (Å²) in [6.45, 7) is 7.46. The van der Waals surface area contributed by atoms with Gasteiger partial charge in [-0.1, -0.05) is 0 Å². The Bertz CT molecular complexity index is 91.5. The summed E-state index contributed by atoms with van der Waals surface area (Å²) in [5.74, 6) is -0.894. The first-order valence-electron chi connectivity index (χ1n) is 4.31. The third kappa shape index (κ3) is 3.67. The summed E-state index contributed by atoms with van der Waals surface area (Å²) in [7, 11) is 3.35. The summed E-state index contributed by atoms with van der Waals surface area (Å²) in [6.07, 6.45) is 0. The van der Waals surface area contributed by atoms with Crippen LogP contribution >= 0.6 is 0 Å². The second-order valence-corrected chi connectivity index (χ2v) is 2.51. The van der Waals surface area contributed by atoms with E-state index in [1.807, 2.05) is 20.8 Å². The molecule has 0 aromatic heterocycles. The van der Waals surface area contributed by atoms with Crippen molar-refractivity contribution in [1.82, 2.24) is 0 Å². The van der Waals surface area contributed by atoms with Crippen molar-refractivity contribution in [2.45, 2.75) is 32.8 Å². The number of rotatable bonds is 7. The van der Waals surface area contributed by atoms with Gasteiger partial charge in [-0.05, 0) is 20.8 Å². The molecular weight excluding hydrogens is 172 g/mol. The fourth-order valence-corrected chi connectivity index (χ4v) is 1.24. The predicted octanol–water partition coefficient (Wildman–Crippen LogP) is 1.34. The molecular formula is C8H17O3Si. The van der Waals surface area contributed by atoms with Gasteiger partial charge in [-0.3, -0.25) is 0 Å². The third-order valence-corrected chi connectivity index (χ3v) is 1.74. The van der Waals surface area contributed by atoms with E-state index >= 15 is 0 Å². The van der Waals surface area contributed by atoms with Gasteiger partial charge in [0.25, 0.3) is 5.97 Å². The Morgan fingerprint density at radius 2 is 1.25 bits per heavy atom. The van der Waals surface area contributed by atoms with E-state index in [-0.39, 0.29) is 0 Å². The second kappa shape index (κ2) is 6.60. The largest absolute Gasteiger partial charge is 0.328 e. The van der Waals surface area contributed by atoms with Gasteiger partial charge in [0.2, 0.25) is 0 Å². The molecule has 0 aliphatic rings. The molecule has 12 heavy (non-hydrogen) atoms. The molecule has 0 bridgehead atoms. The van der Waals surface area contributed by atoms with Gasteiger partial charge in [0, 0.05) is 36.1 Å². The van der Waals surface area contributed by atoms with Crippen LogP contribution in [0, 0.1) is 0 Å². The molecule has 0 amide bonds. The Balaban J connectivity index is 4.06. The van der Waals surface area contributed by atoms with Gasteiger partial charge in [0.15, 0.2) is 0 Å². The van der Waals surface area contributed by atoms with Crippen molar-refractivity contribution in [1.29, 1.82) is 0 Å². The van der Waals surface area contributed by atoms with Crippen molar-refractivity contribution < 1.29 is 14.2 Å². The molecule has 0 rings (SSSR count). The molecule has 3 nitrogen and oxygen atoms in total. The van der Waals surface area contributed by atoms with Crippen LogP contribution in [-0.2, 0) is 14.2 Å². The minimum atomic E-state index is -0.894. The SMILES string of the molecule is CCOC(C[Si])(OCC)OCC. The zero-order valence-electron chi connectivity index (χ0n) is 8.05. The van der Waals surface area contributed by atoms with Crippen molar-refractivity contribution in [2.24, 2.45) is 0 Å². The molecule has 0 fully saturated rings. The monoisotopic (exact) mass is 189 g/mol. The molecule has 0 unspecified atom stereocenters. The second-order valence-electron chi connectivity index (χ2n) is 2.16. The van der Waals surface area contributed by atoms with Crippen LogP contribution in [0.1, 0.15) is 20.8 Å². The quantitative estimate of drug-likeness (QED) is 0.447. The number of ether oxygens (including phenoxy) is 3. The van der Waals surface area contributed by atoms with E-state index in [0.717, 1.165) is 0 Å². The number of hydrogen-bond acceptors (Lipinski definition) is 3. The van der Waals surface area contributed by atoms with Gasteiger partial charge in [-0.2, -0.15) is 0 Å². The Kier molecular flexibility index (Phi) is 6.65. The fraction of sp³-hybridized carbons (Fsp3) is 1.00. The Morgan fingerprint density at radius 3 is 1.42 bits per heavy atom. The zero-order valence-corrected chi connectivity index (χ0v) is 9.05. The molecule has 0 N–H and O–H groups in total. The van der Waals surface area contributed by atoms with Gasteiger partial charge < -0.3 is 14.2 Å². The summed E-state index contributed by atoms with van der Waals surface area (Å²) in [4.78, 5) is 0. The Morgan fingerprint density at radius 1 is 0.917 bits per heavy atom. The normalized spacial score (nSPS) is 12.0. The van der Waals surface area contributed by atoms with E-state index in [4.69, 9.17) is 14.2 Å². The highest BCUT2D eigenvalue weighted by Gasteiger charge is 2.29. The molecule has 0 atom stereocenters. The van der Waals surface area contributed by atoms with Crippen molar-refractivity contribution >= 4 is 10.2 Å². The van der Waals surface area contributed by atoms with E-state index in [1.165, 1.54) is 0 Å². The van der Waals surface area contributed by atoms with Crippen LogP contribution in [0.4, 0.5) is 0 Å². The van der Waals surface area contributed by atoms with Crippen molar-refractivity contribution in [3.05, 3.63) is 0 Å². The molecule has 3 radical (unpaired) electrons. The summed E-state index contributed by atoms with van der Waals surface area (Å²) < 4.78 is 16.1. The molecule has 4 heteroatoms. The lowest BCUT2D eigenvalue weighted by molar-refractivity contribution is -0.365. The lowest BCUT2D eigenvalue weighted by Gasteiger charge is -2.31. The van der Waals surface area contributed by atoms with Crippen LogP contribution in [0.2, 0.25) is 6.04 Å². The van der Waals surface area contributed by atoms with Crippen LogP contribution in [0.3, 0.4) is 0 Å². The standard InChI is InChI=1S/C8H17O3Si/c1-4-9-8(7-12,10-5-2)11-6-3/h4-7H2,1-3H3. The molecule has 0 aromatic carbocycles. The molecule has 0 heterocycles. The molecule has 0 aliphatic heterocycles. The summed E-state index contributed by atoms with van der Waals surface area (Å²) in [5.41, 5.74) is 0. The smallest absolute Gasteiger partial charge is 0.279 e. The van der Waals surface area contributed by atoms with E-state index in [9.17, 15) is 0 Å². The van der Waals surface area contributed by atoms with Gasteiger partial charge in [-0.25, -0.2) is 0 Å². The van der Waals surface area contributed by atoms with Gasteiger partial charge in [-0.15, -0.1) is 0 Å². The highest BCUT2D eigenvalue weighted by molar-refractivity contribution is 6.09. The van der Waals surface area contributed by atoms with Gasteiger partial charge in [0.1, 0.15) is 0 Å².